The maximum atomic E-state index is 13.9. The quantitative estimate of drug-likeness (QED) is 0.304. The molecule has 158 valence electrons. The Morgan fingerprint density at radius 3 is 1.97 bits per heavy atom. The Hall–Kier alpha value is -3.18. The molecule has 1 N–H and O–H groups in total. The SMILES string of the molecule is COC(=O)c1cc2cc(P(=O)(OCc3ccccc3)OCc3ccccc3)ccc2[nH]1. The van der Waals surface area contributed by atoms with E-state index < -0.39 is 13.6 Å². The predicted octanol–water partition coefficient (Wildman–Crippen LogP) is 5.21. The first-order valence-electron chi connectivity index (χ1n) is 9.76. The third-order valence-electron chi connectivity index (χ3n) is 4.81. The molecular weight excluding hydrogens is 413 g/mol. The van der Waals surface area contributed by atoms with Gasteiger partial charge in [-0.3, -0.25) is 4.57 Å². The van der Waals surface area contributed by atoms with Gasteiger partial charge in [0.15, 0.2) is 0 Å². The number of H-pyrrole nitrogens is 1. The van der Waals surface area contributed by atoms with Crippen LogP contribution in [0.25, 0.3) is 10.9 Å². The van der Waals surface area contributed by atoms with Crippen LogP contribution in [0.2, 0.25) is 0 Å². The minimum absolute atomic E-state index is 0.144. The van der Waals surface area contributed by atoms with E-state index in [2.05, 4.69) is 4.98 Å². The Labute approximate surface area is 180 Å². The minimum atomic E-state index is -3.66. The van der Waals surface area contributed by atoms with Crippen molar-refractivity contribution in [2.75, 3.05) is 7.11 Å². The topological polar surface area (TPSA) is 77.6 Å². The number of nitrogens with one attached hydrogen (secondary N) is 1. The lowest BCUT2D eigenvalue weighted by atomic mass is 10.2. The fourth-order valence-corrected chi connectivity index (χ4v) is 4.73. The maximum Gasteiger partial charge on any atom is 0.362 e. The second-order valence-corrected chi connectivity index (χ2v) is 8.99. The lowest BCUT2D eigenvalue weighted by Crippen LogP contribution is -2.10. The number of hydrogen-bond acceptors (Lipinski definition) is 5. The molecule has 0 aliphatic heterocycles. The summed E-state index contributed by atoms with van der Waals surface area (Å²) < 4.78 is 30.4. The molecule has 0 unspecified atom stereocenters. The monoisotopic (exact) mass is 435 g/mol. The van der Waals surface area contributed by atoms with E-state index >= 15 is 0 Å². The van der Waals surface area contributed by atoms with Crippen molar-refractivity contribution in [2.45, 2.75) is 13.2 Å². The van der Waals surface area contributed by atoms with Gasteiger partial charge < -0.3 is 18.8 Å². The highest BCUT2D eigenvalue weighted by molar-refractivity contribution is 7.62. The lowest BCUT2D eigenvalue weighted by Gasteiger charge is -2.19. The van der Waals surface area contributed by atoms with Crippen LogP contribution in [-0.4, -0.2) is 18.1 Å². The molecule has 0 saturated carbocycles. The van der Waals surface area contributed by atoms with Gasteiger partial charge in [-0.25, -0.2) is 4.79 Å². The van der Waals surface area contributed by atoms with Crippen molar-refractivity contribution in [2.24, 2.45) is 0 Å². The van der Waals surface area contributed by atoms with Crippen molar-refractivity contribution in [1.29, 1.82) is 0 Å². The van der Waals surface area contributed by atoms with Crippen molar-refractivity contribution in [3.05, 3.63) is 102 Å². The van der Waals surface area contributed by atoms with Crippen LogP contribution in [0.4, 0.5) is 0 Å². The predicted molar refractivity (Wildman–Crippen MR) is 119 cm³/mol. The first kappa shape index (κ1) is 21.1. The summed E-state index contributed by atoms with van der Waals surface area (Å²) >= 11 is 0. The van der Waals surface area contributed by atoms with Crippen molar-refractivity contribution in [3.63, 3.8) is 0 Å². The van der Waals surface area contributed by atoms with Crippen molar-refractivity contribution >= 4 is 29.8 Å². The van der Waals surface area contributed by atoms with Gasteiger partial charge in [-0.2, -0.15) is 0 Å². The highest BCUT2D eigenvalue weighted by Gasteiger charge is 2.29. The summed E-state index contributed by atoms with van der Waals surface area (Å²) in [6.45, 7) is 0.289. The molecule has 0 atom stereocenters. The average Bonchev–Trinajstić information content (AvgIpc) is 3.26. The van der Waals surface area contributed by atoms with Gasteiger partial charge in [-0.1, -0.05) is 60.7 Å². The number of rotatable bonds is 8. The summed E-state index contributed by atoms with van der Waals surface area (Å²) in [6, 6.07) is 25.8. The zero-order valence-electron chi connectivity index (χ0n) is 17.0. The number of aromatic nitrogens is 1. The summed E-state index contributed by atoms with van der Waals surface area (Å²) in [5.74, 6) is -0.471. The first-order valence-corrected chi connectivity index (χ1v) is 11.3. The number of methoxy groups -OCH3 is 1. The number of ether oxygens (including phenoxy) is 1. The molecule has 7 heteroatoms. The number of carbonyl (C=O) groups is 1. The minimum Gasteiger partial charge on any atom is -0.464 e. The Bertz CT molecular complexity index is 1170. The summed E-state index contributed by atoms with van der Waals surface area (Å²) in [5.41, 5.74) is 2.82. The van der Waals surface area contributed by atoms with Gasteiger partial charge >= 0.3 is 13.6 Å². The van der Waals surface area contributed by atoms with E-state index in [1.54, 1.807) is 24.3 Å². The summed E-state index contributed by atoms with van der Waals surface area (Å²) in [5, 5.41) is 1.13. The van der Waals surface area contributed by atoms with Gasteiger partial charge in [0.25, 0.3) is 0 Å². The first-order chi connectivity index (χ1) is 15.1. The molecule has 0 aliphatic rings. The van der Waals surface area contributed by atoms with Gasteiger partial charge in [-0.15, -0.1) is 0 Å². The molecular formula is C24H22NO5P. The standard InChI is InChI=1S/C24H22NO5P/c1-28-24(26)23-15-20-14-21(12-13-22(20)25-23)31(27,29-16-18-8-4-2-5-9-18)30-17-19-10-6-3-7-11-19/h2-15,25H,16-17H2,1H3. The molecule has 0 bridgehead atoms. The molecule has 4 aromatic rings. The molecule has 0 aliphatic carbocycles. The normalized spacial score (nSPS) is 11.5. The van der Waals surface area contributed by atoms with Crippen LogP contribution in [-0.2, 0) is 31.6 Å². The molecule has 0 radical (unpaired) electrons. The fourth-order valence-electron chi connectivity index (χ4n) is 3.16. The van der Waals surface area contributed by atoms with Crippen LogP contribution in [0.1, 0.15) is 21.6 Å². The zero-order valence-corrected chi connectivity index (χ0v) is 17.9. The summed E-state index contributed by atoms with van der Waals surface area (Å²) in [6.07, 6.45) is 0. The number of hydrogen-bond donors (Lipinski definition) is 1. The molecule has 0 amide bonds. The van der Waals surface area contributed by atoms with Gasteiger partial charge in [0.1, 0.15) is 5.69 Å². The molecule has 0 saturated heterocycles. The second-order valence-electron chi connectivity index (χ2n) is 6.96. The van der Waals surface area contributed by atoms with Crippen molar-refractivity contribution < 1.29 is 23.1 Å². The fraction of sp³-hybridized carbons (Fsp3) is 0.125. The highest BCUT2D eigenvalue weighted by atomic mass is 31.2. The number of fused-ring (bicyclic) bond motifs is 1. The molecule has 1 heterocycles. The molecule has 0 spiro atoms. The Morgan fingerprint density at radius 2 is 1.42 bits per heavy atom. The van der Waals surface area contributed by atoms with Crippen LogP contribution >= 0.6 is 7.60 Å². The number of carbonyl (C=O) groups excluding carboxylic acids is 1. The molecule has 31 heavy (non-hydrogen) atoms. The molecule has 6 nitrogen and oxygen atoms in total. The van der Waals surface area contributed by atoms with Crippen molar-refractivity contribution in [3.8, 4) is 0 Å². The third-order valence-corrected chi connectivity index (χ3v) is 6.66. The van der Waals surface area contributed by atoms with Crippen LogP contribution in [0.5, 0.6) is 0 Å². The molecule has 3 aromatic carbocycles. The molecule has 1 aromatic heterocycles. The van der Waals surface area contributed by atoms with E-state index in [1.807, 2.05) is 60.7 Å². The van der Waals surface area contributed by atoms with Gasteiger partial charge in [-0.05, 0) is 35.4 Å². The van der Waals surface area contributed by atoms with Gasteiger partial charge in [0.05, 0.1) is 25.6 Å². The summed E-state index contributed by atoms with van der Waals surface area (Å²) in [4.78, 5) is 14.8. The second kappa shape index (κ2) is 9.31. The largest absolute Gasteiger partial charge is 0.464 e. The molecule has 4 rings (SSSR count). The van der Waals surface area contributed by atoms with E-state index in [1.165, 1.54) is 7.11 Å². The van der Waals surface area contributed by atoms with E-state index in [-0.39, 0.29) is 13.2 Å². The van der Waals surface area contributed by atoms with Crippen LogP contribution in [0.3, 0.4) is 0 Å². The number of esters is 1. The van der Waals surface area contributed by atoms with Crippen LogP contribution in [0, 0.1) is 0 Å². The zero-order chi connectivity index (χ0) is 21.7. The Balaban J connectivity index is 1.64. The summed E-state index contributed by atoms with van der Waals surface area (Å²) in [7, 11) is -2.34. The van der Waals surface area contributed by atoms with Crippen LogP contribution in [0.15, 0.2) is 84.9 Å². The van der Waals surface area contributed by atoms with Crippen LogP contribution < -0.4 is 5.30 Å². The number of benzene rings is 3. The Morgan fingerprint density at radius 1 is 0.839 bits per heavy atom. The lowest BCUT2D eigenvalue weighted by molar-refractivity contribution is 0.0595. The Kier molecular flexibility index (Phi) is 6.33. The van der Waals surface area contributed by atoms with Gasteiger partial charge in [0, 0.05) is 10.9 Å². The van der Waals surface area contributed by atoms with E-state index in [0.29, 0.717) is 16.4 Å². The molecule has 0 fully saturated rings. The third kappa shape index (κ3) is 4.94. The van der Waals surface area contributed by atoms with E-state index in [0.717, 1.165) is 16.6 Å². The van der Waals surface area contributed by atoms with Crippen molar-refractivity contribution in [1.82, 2.24) is 4.98 Å². The van der Waals surface area contributed by atoms with Gasteiger partial charge in [0.2, 0.25) is 0 Å². The average molecular weight is 435 g/mol. The smallest absolute Gasteiger partial charge is 0.362 e. The van der Waals surface area contributed by atoms with E-state index in [4.69, 9.17) is 13.8 Å². The maximum absolute atomic E-state index is 13.9. The number of aromatic amines is 1. The van der Waals surface area contributed by atoms with E-state index in [9.17, 15) is 9.36 Å². The highest BCUT2D eigenvalue weighted by Crippen LogP contribution is 2.49.